The lowest BCUT2D eigenvalue weighted by atomic mass is 10.0. The van der Waals surface area contributed by atoms with E-state index < -0.39 is 23.8 Å². The highest BCUT2D eigenvalue weighted by Crippen LogP contribution is 2.42. The Hall–Kier alpha value is -2.43. The predicted octanol–water partition coefficient (Wildman–Crippen LogP) is 3.36. The number of morpholine rings is 1. The second-order valence-electron chi connectivity index (χ2n) is 8.96. The van der Waals surface area contributed by atoms with E-state index in [9.17, 15) is 4.79 Å². The fraction of sp³-hybridized carbons (Fsp3) is 0.619. The van der Waals surface area contributed by atoms with Gasteiger partial charge in [0.25, 0.3) is 0 Å². The molecular weight excluding hydrogens is 409 g/mol. The second kappa shape index (κ2) is 7.32. The van der Waals surface area contributed by atoms with Gasteiger partial charge in [-0.15, -0.1) is 0 Å². The molecule has 0 saturated carbocycles. The number of hydrogen-bond acceptors (Lipinski definition) is 8. The van der Waals surface area contributed by atoms with Gasteiger partial charge >= 0.3 is 6.09 Å². The number of cyclic esters (lactones) is 1. The Morgan fingerprint density at radius 2 is 1.84 bits per heavy atom. The molecule has 1 aromatic carbocycles. The third kappa shape index (κ3) is 3.52. The van der Waals surface area contributed by atoms with E-state index in [4.69, 9.17) is 23.5 Å². The van der Waals surface area contributed by atoms with Crippen molar-refractivity contribution < 1.29 is 32.7 Å². The summed E-state index contributed by atoms with van der Waals surface area (Å²) in [6.07, 6.45) is -1.39. The minimum atomic E-state index is -0.716. The number of carbonyl (C=O) groups excluding carboxylic acids is 1. The van der Waals surface area contributed by atoms with Crippen LogP contribution in [0.25, 0.3) is 11.0 Å². The zero-order valence-electron chi connectivity index (χ0n) is 18.0. The SMILES string of the molecule is C[C@@H]1CN(c2c(C3OCCO3)cc3c(N4CC(C)(C)OC4=O)noc3c2F)C[C@H](C)O1. The van der Waals surface area contributed by atoms with Gasteiger partial charge in [0.2, 0.25) is 5.58 Å². The van der Waals surface area contributed by atoms with Gasteiger partial charge < -0.3 is 28.4 Å². The standard InChI is InChI=1S/C21H26FN3O6/c1-11-8-24(9-12(2)29-11)16-13(19-27-5-6-28-19)7-14-17(15(16)22)31-23-18(14)25-10-21(3,4)30-20(25)26/h7,11-12,19H,5-6,8-10H2,1-4H3/t11-,12+. The van der Waals surface area contributed by atoms with Gasteiger partial charge in [-0.2, -0.15) is 0 Å². The highest BCUT2D eigenvalue weighted by Gasteiger charge is 2.41. The Labute approximate surface area is 178 Å². The largest absolute Gasteiger partial charge is 0.441 e. The zero-order chi connectivity index (χ0) is 21.9. The molecule has 4 heterocycles. The smallest absolute Gasteiger partial charge is 0.416 e. The van der Waals surface area contributed by atoms with Crippen molar-refractivity contribution in [3.8, 4) is 0 Å². The maximum absolute atomic E-state index is 15.9. The van der Waals surface area contributed by atoms with E-state index in [2.05, 4.69) is 5.16 Å². The summed E-state index contributed by atoms with van der Waals surface area (Å²) < 4.78 is 43.9. The van der Waals surface area contributed by atoms with Gasteiger partial charge in [-0.05, 0) is 33.8 Å². The molecule has 0 radical (unpaired) electrons. The van der Waals surface area contributed by atoms with Crippen molar-refractivity contribution in [2.24, 2.45) is 0 Å². The summed E-state index contributed by atoms with van der Waals surface area (Å²) in [6, 6.07) is 1.75. The number of hydrogen-bond donors (Lipinski definition) is 0. The molecule has 9 nitrogen and oxygen atoms in total. The minimum absolute atomic E-state index is 0.0175. The van der Waals surface area contributed by atoms with Crippen molar-refractivity contribution in [2.75, 3.05) is 42.6 Å². The Balaban J connectivity index is 1.65. The maximum atomic E-state index is 15.9. The van der Waals surface area contributed by atoms with Crippen LogP contribution >= 0.6 is 0 Å². The summed E-state index contributed by atoms with van der Waals surface area (Å²) in [4.78, 5) is 15.7. The van der Waals surface area contributed by atoms with Crippen LogP contribution in [0.15, 0.2) is 10.6 Å². The molecule has 1 aromatic heterocycles. The molecule has 2 aromatic rings. The van der Waals surface area contributed by atoms with Crippen LogP contribution in [0.3, 0.4) is 0 Å². The third-order valence-corrected chi connectivity index (χ3v) is 5.68. The van der Waals surface area contributed by atoms with E-state index in [1.807, 2.05) is 18.7 Å². The predicted molar refractivity (Wildman–Crippen MR) is 109 cm³/mol. The Morgan fingerprint density at radius 3 is 2.45 bits per heavy atom. The number of amides is 1. The molecular formula is C21H26FN3O6. The Bertz CT molecular complexity index is 1010. The first kappa shape index (κ1) is 20.5. The lowest BCUT2D eigenvalue weighted by Gasteiger charge is -2.38. The molecule has 3 aliphatic rings. The summed E-state index contributed by atoms with van der Waals surface area (Å²) in [5.74, 6) is -0.336. The van der Waals surface area contributed by atoms with Crippen molar-refractivity contribution in [1.82, 2.24) is 5.16 Å². The zero-order valence-corrected chi connectivity index (χ0v) is 18.0. The highest BCUT2D eigenvalue weighted by molar-refractivity contribution is 6.01. The Kier molecular flexibility index (Phi) is 4.83. The first-order valence-electron chi connectivity index (χ1n) is 10.5. The quantitative estimate of drug-likeness (QED) is 0.726. The van der Waals surface area contributed by atoms with Crippen LogP contribution in [0.5, 0.6) is 0 Å². The number of carbonyl (C=O) groups is 1. The van der Waals surface area contributed by atoms with E-state index in [-0.39, 0.29) is 30.2 Å². The number of anilines is 2. The van der Waals surface area contributed by atoms with Crippen molar-refractivity contribution >= 4 is 28.6 Å². The van der Waals surface area contributed by atoms with E-state index in [1.54, 1.807) is 19.9 Å². The van der Waals surface area contributed by atoms with Gasteiger partial charge in [0.05, 0.1) is 43.0 Å². The average Bonchev–Trinajstić information content (AvgIpc) is 3.39. The fourth-order valence-electron chi connectivity index (χ4n) is 4.56. The van der Waals surface area contributed by atoms with Crippen molar-refractivity contribution in [3.63, 3.8) is 0 Å². The summed E-state index contributed by atoms with van der Waals surface area (Å²) in [7, 11) is 0. The lowest BCUT2D eigenvalue weighted by molar-refractivity contribution is -0.0445. The summed E-state index contributed by atoms with van der Waals surface area (Å²) >= 11 is 0. The van der Waals surface area contributed by atoms with Crippen LogP contribution in [0, 0.1) is 5.82 Å². The lowest BCUT2D eigenvalue weighted by Crippen LogP contribution is -2.46. The van der Waals surface area contributed by atoms with Crippen LogP contribution in [-0.2, 0) is 18.9 Å². The van der Waals surface area contributed by atoms with Gasteiger partial charge in [-0.3, -0.25) is 4.90 Å². The first-order chi connectivity index (χ1) is 14.7. The molecule has 2 atom stereocenters. The van der Waals surface area contributed by atoms with Crippen LogP contribution in [-0.4, -0.2) is 61.9 Å². The summed E-state index contributed by atoms with van der Waals surface area (Å²) in [5, 5.41) is 4.40. The molecule has 10 heteroatoms. The van der Waals surface area contributed by atoms with Gasteiger partial charge in [0.1, 0.15) is 5.60 Å². The van der Waals surface area contributed by atoms with E-state index >= 15 is 4.39 Å². The van der Waals surface area contributed by atoms with Crippen LogP contribution in [0.4, 0.5) is 20.7 Å². The Morgan fingerprint density at radius 1 is 1.16 bits per heavy atom. The number of halogens is 1. The molecule has 3 aliphatic heterocycles. The van der Waals surface area contributed by atoms with Crippen molar-refractivity contribution in [2.45, 2.75) is 51.8 Å². The van der Waals surface area contributed by atoms with Gasteiger partial charge in [-0.25, -0.2) is 9.18 Å². The number of fused-ring (bicyclic) bond motifs is 1. The summed E-state index contributed by atoms with van der Waals surface area (Å²) in [5.41, 5.74) is 0.200. The van der Waals surface area contributed by atoms with E-state index in [0.29, 0.717) is 42.9 Å². The van der Waals surface area contributed by atoms with Crippen LogP contribution in [0.2, 0.25) is 0 Å². The molecule has 0 unspecified atom stereocenters. The number of nitrogens with zero attached hydrogens (tertiary/aromatic N) is 3. The molecule has 5 rings (SSSR count). The van der Waals surface area contributed by atoms with Gasteiger partial charge in [-0.1, -0.05) is 5.16 Å². The minimum Gasteiger partial charge on any atom is -0.441 e. The topological polar surface area (TPSA) is 86.5 Å². The van der Waals surface area contributed by atoms with Crippen molar-refractivity contribution in [3.05, 3.63) is 17.4 Å². The molecule has 168 valence electrons. The molecule has 3 fully saturated rings. The molecule has 3 saturated heterocycles. The number of aromatic nitrogens is 1. The normalized spacial score (nSPS) is 26.8. The van der Waals surface area contributed by atoms with E-state index in [0.717, 1.165) is 0 Å². The van der Waals surface area contributed by atoms with E-state index in [1.165, 1.54) is 4.90 Å². The fourth-order valence-corrected chi connectivity index (χ4v) is 4.56. The molecule has 0 spiro atoms. The number of benzene rings is 1. The first-order valence-corrected chi connectivity index (χ1v) is 10.5. The molecule has 0 bridgehead atoms. The monoisotopic (exact) mass is 435 g/mol. The van der Waals surface area contributed by atoms with Gasteiger partial charge in [0, 0.05) is 18.7 Å². The molecule has 0 N–H and O–H groups in total. The number of rotatable bonds is 3. The summed E-state index contributed by atoms with van der Waals surface area (Å²) in [6.45, 7) is 9.66. The maximum Gasteiger partial charge on any atom is 0.416 e. The highest BCUT2D eigenvalue weighted by atomic mass is 19.1. The van der Waals surface area contributed by atoms with Gasteiger partial charge in [0.15, 0.2) is 17.9 Å². The molecule has 1 amide bonds. The van der Waals surface area contributed by atoms with Crippen LogP contribution in [0.1, 0.15) is 39.5 Å². The average molecular weight is 435 g/mol. The van der Waals surface area contributed by atoms with Crippen molar-refractivity contribution in [1.29, 1.82) is 0 Å². The third-order valence-electron chi connectivity index (χ3n) is 5.68. The molecule has 31 heavy (non-hydrogen) atoms. The van der Waals surface area contributed by atoms with Crippen LogP contribution < -0.4 is 9.80 Å². The number of ether oxygens (including phenoxy) is 4. The second-order valence-corrected chi connectivity index (χ2v) is 8.96. The molecule has 0 aliphatic carbocycles.